The van der Waals surface area contributed by atoms with Gasteiger partial charge in [-0.1, -0.05) is 55.1 Å². The first kappa shape index (κ1) is 9.08. The molecular weight excluding hydrogens is 168 g/mol. The first-order valence-electron chi connectivity index (χ1n) is 3.76. The van der Waals surface area contributed by atoms with E-state index >= 15 is 0 Å². The molecular formula is C11H11Cl. The van der Waals surface area contributed by atoms with Crippen molar-refractivity contribution in [3.63, 3.8) is 0 Å². The molecule has 0 saturated heterocycles. The highest BCUT2D eigenvalue weighted by atomic mass is 35.5. The van der Waals surface area contributed by atoms with Crippen LogP contribution in [0.4, 0.5) is 0 Å². The van der Waals surface area contributed by atoms with E-state index in [0.29, 0.717) is 5.03 Å². The van der Waals surface area contributed by atoms with Crippen LogP contribution in [0.5, 0.6) is 0 Å². The predicted molar refractivity (Wildman–Crippen MR) is 54.3 cm³/mol. The van der Waals surface area contributed by atoms with E-state index in [4.69, 9.17) is 11.6 Å². The highest BCUT2D eigenvalue weighted by Gasteiger charge is 1.97. The summed E-state index contributed by atoms with van der Waals surface area (Å²) in [6.07, 6.45) is 0.781. The predicted octanol–water partition coefficient (Wildman–Crippen LogP) is 3.54. The smallest absolute Gasteiger partial charge is 0.0363 e. The molecule has 1 rings (SSSR count). The van der Waals surface area contributed by atoms with Crippen molar-refractivity contribution in [1.82, 2.24) is 0 Å². The molecule has 62 valence electrons. The quantitative estimate of drug-likeness (QED) is 0.622. The van der Waals surface area contributed by atoms with Crippen LogP contribution in [-0.4, -0.2) is 0 Å². The van der Waals surface area contributed by atoms with E-state index < -0.39 is 0 Å². The summed E-state index contributed by atoms with van der Waals surface area (Å²) >= 11 is 5.68. The van der Waals surface area contributed by atoms with Gasteiger partial charge in [0.15, 0.2) is 0 Å². The molecule has 0 amide bonds. The van der Waals surface area contributed by atoms with Crippen molar-refractivity contribution in [2.45, 2.75) is 6.42 Å². The Morgan fingerprint density at radius 1 is 1.17 bits per heavy atom. The molecule has 0 spiro atoms. The Morgan fingerprint density at radius 3 is 2.25 bits per heavy atom. The van der Waals surface area contributed by atoms with Gasteiger partial charge in [0.2, 0.25) is 0 Å². The van der Waals surface area contributed by atoms with Crippen LogP contribution in [0.25, 0.3) is 0 Å². The molecule has 0 atom stereocenters. The number of halogens is 1. The fourth-order valence-electron chi connectivity index (χ4n) is 0.938. The summed E-state index contributed by atoms with van der Waals surface area (Å²) in [5.74, 6) is 0. The Hall–Kier alpha value is -1.01. The number of hydrogen-bond donors (Lipinski definition) is 0. The van der Waals surface area contributed by atoms with Gasteiger partial charge in [-0.05, 0) is 17.6 Å². The summed E-state index contributed by atoms with van der Waals surface area (Å²) < 4.78 is 0. The molecule has 0 fully saturated rings. The molecule has 1 aromatic rings. The minimum absolute atomic E-state index is 0.541. The van der Waals surface area contributed by atoms with E-state index in [1.807, 2.05) is 30.3 Å². The van der Waals surface area contributed by atoms with Crippen LogP contribution < -0.4 is 0 Å². The van der Waals surface area contributed by atoms with Crippen molar-refractivity contribution in [1.29, 1.82) is 0 Å². The van der Waals surface area contributed by atoms with E-state index in [9.17, 15) is 0 Å². The average Bonchev–Trinajstić information content (AvgIpc) is 2.06. The van der Waals surface area contributed by atoms with Crippen LogP contribution in [0.1, 0.15) is 5.56 Å². The molecule has 1 aromatic carbocycles. The Kier molecular flexibility index (Phi) is 3.12. The van der Waals surface area contributed by atoms with E-state index in [-0.39, 0.29) is 0 Å². The molecule has 12 heavy (non-hydrogen) atoms. The first-order valence-corrected chi connectivity index (χ1v) is 4.14. The zero-order chi connectivity index (χ0) is 8.97. The molecule has 0 aliphatic heterocycles. The maximum absolute atomic E-state index is 5.68. The van der Waals surface area contributed by atoms with Gasteiger partial charge in [-0.25, -0.2) is 0 Å². The summed E-state index contributed by atoms with van der Waals surface area (Å²) in [7, 11) is 0. The van der Waals surface area contributed by atoms with Crippen LogP contribution in [0.3, 0.4) is 0 Å². The largest absolute Gasteiger partial charge is 0.0940 e. The standard InChI is InChI=1S/C11H11Cl/c1-9(10(2)12)8-11-6-4-3-5-7-11/h3-7H,1-2,8H2. The molecule has 1 heteroatoms. The van der Waals surface area contributed by atoms with Crippen molar-refractivity contribution in [2.24, 2.45) is 0 Å². The fraction of sp³-hybridized carbons (Fsp3) is 0.0909. The minimum atomic E-state index is 0.541. The average molecular weight is 179 g/mol. The molecule has 0 N–H and O–H groups in total. The van der Waals surface area contributed by atoms with Gasteiger partial charge in [-0.15, -0.1) is 0 Å². The van der Waals surface area contributed by atoms with Crippen LogP contribution in [0, 0.1) is 0 Å². The lowest BCUT2D eigenvalue weighted by atomic mass is 10.1. The molecule has 0 heterocycles. The summed E-state index contributed by atoms with van der Waals surface area (Å²) in [6.45, 7) is 7.44. The van der Waals surface area contributed by atoms with Gasteiger partial charge in [0.05, 0.1) is 0 Å². The summed E-state index contributed by atoms with van der Waals surface area (Å²) in [4.78, 5) is 0. The monoisotopic (exact) mass is 178 g/mol. The lowest BCUT2D eigenvalue weighted by Gasteiger charge is -2.02. The van der Waals surface area contributed by atoms with Crippen molar-refractivity contribution in [3.8, 4) is 0 Å². The molecule has 0 aliphatic carbocycles. The second-order valence-corrected chi connectivity index (χ2v) is 3.13. The van der Waals surface area contributed by atoms with Gasteiger partial charge < -0.3 is 0 Å². The Morgan fingerprint density at radius 2 is 1.75 bits per heavy atom. The van der Waals surface area contributed by atoms with Crippen molar-refractivity contribution in [2.75, 3.05) is 0 Å². The second kappa shape index (κ2) is 4.13. The third-order valence-electron chi connectivity index (χ3n) is 1.64. The number of rotatable bonds is 3. The summed E-state index contributed by atoms with van der Waals surface area (Å²) in [6, 6.07) is 10.1. The van der Waals surface area contributed by atoms with Gasteiger partial charge in [0.25, 0.3) is 0 Å². The summed E-state index contributed by atoms with van der Waals surface area (Å²) in [5.41, 5.74) is 2.09. The van der Waals surface area contributed by atoms with Crippen LogP contribution in [0.2, 0.25) is 0 Å². The number of benzene rings is 1. The lowest BCUT2D eigenvalue weighted by Crippen LogP contribution is -1.87. The highest BCUT2D eigenvalue weighted by molar-refractivity contribution is 6.31. The van der Waals surface area contributed by atoms with E-state index in [1.54, 1.807) is 0 Å². The Bertz CT molecular complexity index is 285. The fourth-order valence-corrected chi connectivity index (χ4v) is 1.00. The van der Waals surface area contributed by atoms with Crippen molar-refractivity contribution in [3.05, 3.63) is 59.7 Å². The Balaban J connectivity index is 2.65. The van der Waals surface area contributed by atoms with Gasteiger partial charge in [0, 0.05) is 5.03 Å². The van der Waals surface area contributed by atoms with Gasteiger partial charge in [-0.2, -0.15) is 0 Å². The van der Waals surface area contributed by atoms with E-state index in [0.717, 1.165) is 12.0 Å². The van der Waals surface area contributed by atoms with Gasteiger partial charge in [0.1, 0.15) is 0 Å². The molecule has 0 radical (unpaired) electrons. The summed E-state index contributed by atoms with van der Waals surface area (Å²) in [5, 5.41) is 0.541. The van der Waals surface area contributed by atoms with Gasteiger partial charge in [-0.3, -0.25) is 0 Å². The minimum Gasteiger partial charge on any atom is -0.0940 e. The SMILES string of the molecule is C=C(Cl)C(=C)Cc1ccccc1. The van der Waals surface area contributed by atoms with Gasteiger partial charge >= 0.3 is 0 Å². The second-order valence-electron chi connectivity index (χ2n) is 2.67. The molecule has 0 aromatic heterocycles. The van der Waals surface area contributed by atoms with Crippen molar-refractivity contribution >= 4 is 11.6 Å². The van der Waals surface area contributed by atoms with Crippen LogP contribution >= 0.6 is 11.6 Å². The van der Waals surface area contributed by atoms with E-state index in [2.05, 4.69) is 13.2 Å². The zero-order valence-electron chi connectivity index (χ0n) is 6.89. The maximum Gasteiger partial charge on any atom is 0.0363 e. The molecule has 0 nitrogen and oxygen atoms in total. The third-order valence-corrected chi connectivity index (χ3v) is 1.91. The zero-order valence-corrected chi connectivity index (χ0v) is 7.64. The third kappa shape index (κ3) is 2.55. The normalized spacial score (nSPS) is 9.42. The number of hydrogen-bond acceptors (Lipinski definition) is 0. The van der Waals surface area contributed by atoms with Crippen LogP contribution in [0.15, 0.2) is 54.1 Å². The first-order chi connectivity index (χ1) is 5.70. The number of allylic oxidation sites excluding steroid dienone is 2. The lowest BCUT2D eigenvalue weighted by molar-refractivity contribution is 1.20. The molecule has 0 bridgehead atoms. The van der Waals surface area contributed by atoms with E-state index in [1.165, 1.54) is 5.56 Å². The molecule has 0 saturated carbocycles. The molecule has 0 aliphatic rings. The Labute approximate surface area is 78.2 Å². The van der Waals surface area contributed by atoms with Crippen LogP contribution in [-0.2, 0) is 6.42 Å². The topological polar surface area (TPSA) is 0 Å². The van der Waals surface area contributed by atoms with Crippen molar-refractivity contribution < 1.29 is 0 Å². The maximum atomic E-state index is 5.68. The molecule has 0 unspecified atom stereocenters. The highest BCUT2D eigenvalue weighted by Crippen LogP contribution is 2.15.